The Kier molecular flexibility index (Phi) is 3.22. The van der Waals surface area contributed by atoms with Crippen molar-refractivity contribution in [1.82, 2.24) is 10.9 Å². The number of fused-ring (bicyclic) bond motifs is 1. The monoisotopic (exact) mass is 262 g/mol. The van der Waals surface area contributed by atoms with Crippen LogP contribution >= 0.6 is 0 Å². The summed E-state index contributed by atoms with van der Waals surface area (Å²) in [4.78, 5) is 10.8. The van der Waals surface area contributed by atoms with Gasteiger partial charge in [-0.25, -0.2) is 5.43 Å². The van der Waals surface area contributed by atoms with Crippen LogP contribution in [-0.4, -0.2) is 17.0 Å². The SMILES string of the molecule is NC1CCC2C(C1)NNC2c1ccccc1[N+](=O)[O-]. The Morgan fingerprint density at radius 1 is 1.26 bits per heavy atom. The van der Waals surface area contributed by atoms with Gasteiger partial charge in [-0.2, -0.15) is 0 Å². The molecule has 0 spiro atoms. The molecule has 1 aromatic carbocycles. The molecule has 1 aliphatic heterocycles. The fourth-order valence-corrected chi connectivity index (χ4v) is 3.32. The van der Waals surface area contributed by atoms with Gasteiger partial charge in [-0.15, -0.1) is 0 Å². The maximum absolute atomic E-state index is 11.1. The summed E-state index contributed by atoms with van der Waals surface area (Å²) >= 11 is 0. The average Bonchev–Trinajstić information content (AvgIpc) is 2.81. The molecule has 6 heteroatoms. The Hall–Kier alpha value is -1.50. The number of hydrogen-bond donors (Lipinski definition) is 3. The zero-order valence-electron chi connectivity index (χ0n) is 10.6. The number of hydrogen-bond acceptors (Lipinski definition) is 5. The van der Waals surface area contributed by atoms with Crippen LogP contribution in [0.15, 0.2) is 24.3 Å². The molecule has 0 bridgehead atoms. The molecule has 6 nitrogen and oxygen atoms in total. The van der Waals surface area contributed by atoms with E-state index in [0.717, 1.165) is 24.8 Å². The summed E-state index contributed by atoms with van der Waals surface area (Å²) < 4.78 is 0. The summed E-state index contributed by atoms with van der Waals surface area (Å²) in [6.07, 6.45) is 2.92. The first-order chi connectivity index (χ1) is 9.16. The summed E-state index contributed by atoms with van der Waals surface area (Å²) in [5.74, 6) is 0.376. The molecule has 4 N–H and O–H groups in total. The van der Waals surface area contributed by atoms with Crippen molar-refractivity contribution in [2.24, 2.45) is 11.7 Å². The Morgan fingerprint density at radius 2 is 2.05 bits per heavy atom. The molecule has 1 saturated heterocycles. The van der Waals surface area contributed by atoms with E-state index < -0.39 is 0 Å². The van der Waals surface area contributed by atoms with Gasteiger partial charge >= 0.3 is 0 Å². The smallest absolute Gasteiger partial charge is 0.274 e. The first-order valence-corrected chi connectivity index (χ1v) is 6.67. The number of rotatable bonds is 2. The van der Waals surface area contributed by atoms with Crippen molar-refractivity contribution >= 4 is 5.69 Å². The van der Waals surface area contributed by atoms with Gasteiger partial charge in [0.15, 0.2) is 0 Å². The van der Waals surface area contributed by atoms with Crippen LogP contribution in [0.2, 0.25) is 0 Å². The van der Waals surface area contributed by atoms with Crippen molar-refractivity contribution in [3.8, 4) is 0 Å². The predicted molar refractivity (Wildman–Crippen MR) is 71.2 cm³/mol. The topological polar surface area (TPSA) is 93.2 Å². The van der Waals surface area contributed by atoms with Crippen LogP contribution in [-0.2, 0) is 0 Å². The van der Waals surface area contributed by atoms with Crippen molar-refractivity contribution in [2.45, 2.75) is 37.4 Å². The van der Waals surface area contributed by atoms with E-state index in [2.05, 4.69) is 10.9 Å². The van der Waals surface area contributed by atoms with Crippen LogP contribution in [0.3, 0.4) is 0 Å². The van der Waals surface area contributed by atoms with Crippen LogP contribution in [0.5, 0.6) is 0 Å². The molecule has 4 atom stereocenters. The van der Waals surface area contributed by atoms with E-state index in [4.69, 9.17) is 5.73 Å². The highest BCUT2D eigenvalue weighted by Crippen LogP contribution is 2.40. The minimum atomic E-state index is -0.307. The maximum atomic E-state index is 11.1. The van der Waals surface area contributed by atoms with Gasteiger partial charge in [0.1, 0.15) is 0 Å². The molecule has 2 fully saturated rings. The maximum Gasteiger partial charge on any atom is 0.274 e. The van der Waals surface area contributed by atoms with E-state index >= 15 is 0 Å². The lowest BCUT2D eigenvalue weighted by Crippen LogP contribution is -2.41. The van der Waals surface area contributed by atoms with Gasteiger partial charge in [-0.1, -0.05) is 18.2 Å². The molecular formula is C13H18N4O2. The highest BCUT2D eigenvalue weighted by atomic mass is 16.6. The van der Waals surface area contributed by atoms with E-state index in [1.165, 1.54) is 0 Å². The lowest BCUT2D eigenvalue weighted by Gasteiger charge is -2.30. The first kappa shape index (κ1) is 12.5. The molecule has 1 saturated carbocycles. The Morgan fingerprint density at radius 3 is 2.84 bits per heavy atom. The van der Waals surface area contributed by atoms with Crippen LogP contribution < -0.4 is 16.6 Å². The molecule has 0 radical (unpaired) electrons. The minimum Gasteiger partial charge on any atom is -0.328 e. The highest BCUT2D eigenvalue weighted by molar-refractivity contribution is 5.43. The third kappa shape index (κ3) is 2.22. The van der Waals surface area contributed by atoms with Gasteiger partial charge in [0.2, 0.25) is 0 Å². The van der Waals surface area contributed by atoms with Crippen molar-refractivity contribution in [1.29, 1.82) is 0 Å². The molecule has 3 rings (SSSR count). The Balaban J connectivity index is 1.89. The molecule has 1 aromatic rings. The number of benzene rings is 1. The summed E-state index contributed by atoms with van der Waals surface area (Å²) in [5, 5.41) is 11.1. The third-order valence-electron chi connectivity index (χ3n) is 4.27. The van der Waals surface area contributed by atoms with Crippen LogP contribution in [0.25, 0.3) is 0 Å². The molecular weight excluding hydrogens is 244 g/mol. The highest BCUT2D eigenvalue weighted by Gasteiger charge is 2.41. The number of nitrogens with two attached hydrogens (primary N) is 1. The van der Waals surface area contributed by atoms with E-state index in [-0.39, 0.29) is 22.7 Å². The predicted octanol–water partition coefficient (Wildman–Crippen LogP) is 1.24. The third-order valence-corrected chi connectivity index (χ3v) is 4.27. The fourth-order valence-electron chi connectivity index (χ4n) is 3.32. The number of hydrazine groups is 1. The second kappa shape index (κ2) is 4.88. The van der Waals surface area contributed by atoms with Gasteiger partial charge < -0.3 is 5.73 Å². The van der Waals surface area contributed by atoms with Gasteiger partial charge in [-0.3, -0.25) is 15.5 Å². The van der Waals surface area contributed by atoms with Gasteiger partial charge in [0.25, 0.3) is 5.69 Å². The molecule has 4 unspecified atom stereocenters. The molecule has 0 aromatic heterocycles. The van der Waals surface area contributed by atoms with Gasteiger partial charge in [0, 0.05) is 23.7 Å². The molecule has 1 heterocycles. The number of nitro benzene ring substituents is 1. The molecule has 102 valence electrons. The van der Waals surface area contributed by atoms with Gasteiger partial charge in [-0.05, 0) is 25.2 Å². The minimum absolute atomic E-state index is 0.000833. The zero-order valence-corrected chi connectivity index (χ0v) is 10.6. The first-order valence-electron chi connectivity index (χ1n) is 6.67. The fraction of sp³-hybridized carbons (Fsp3) is 0.538. The summed E-state index contributed by atoms with van der Waals surface area (Å²) in [5.41, 5.74) is 13.4. The lowest BCUT2D eigenvalue weighted by atomic mass is 9.77. The molecule has 0 amide bonds. The number of para-hydroxylation sites is 1. The normalized spacial score (nSPS) is 33.9. The van der Waals surface area contributed by atoms with E-state index in [1.54, 1.807) is 12.1 Å². The van der Waals surface area contributed by atoms with Crippen LogP contribution in [0.4, 0.5) is 5.69 Å². The largest absolute Gasteiger partial charge is 0.328 e. The van der Waals surface area contributed by atoms with Crippen LogP contribution in [0, 0.1) is 16.0 Å². The van der Waals surface area contributed by atoms with Crippen molar-refractivity contribution in [3.05, 3.63) is 39.9 Å². The average molecular weight is 262 g/mol. The molecule has 2 aliphatic rings. The quantitative estimate of drug-likeness (QED) is 0.551. The number of nitro groups is 1. The second-order valence-corrected chi connectivity index (χ2v) is 5.43. The zero-order chi connectivity index (χ0) is 13.4. The Bertz CT molecular complexity index is 493. The van der Waals surface area contributed by atoms with Crippen molar-refractivity contribution in [3.63, 3.8) is 0 Å². The van der Waals surface area contributed by atoms with E-state index in [1.807, 2.05) is 12.1 Å². The molecule has 19 heavy (non-hydrogen) atoms. The Labute approximate surface area is 111 Å². The van der Waals surface area contributed by atoms with E-state index in [9.17, 15) is 10.1 Å². The van der Waals surface area contributed by atoms with Crippen molar-refractivity contribution < 1.29 is 4.92 Å². The van der Waals surface area contributed by atoms with E-state index in [0.29, 0.717) is 12.0 Å². The summed E-state index contributed by atoms with van der Waals surface area (Å²) in [6.45, 7) is 0. The second-order valence-electron chi connectivity index (χ2n) is 5.43. The van der Waals surface area contributed by atoms with Crippen molar-refractivity contribution in [2.75, 3.05) is 0 Å². The number of nitrogens with one attached hydrogen (secondary N) is 2. The summed E-state index contributed by atoms with van der Waals surface area (Å²) in [7, 11) is 0. The van der Waals surface area contributed by atoms with Crippen LogP contribution in [0.1, 0.15) is 30.9 Å². The van der Waals surface area contributed by atoms with Gasteiger partial charge in [0.05, 0.1) is 11.0 Å². The molecule has 1 aliphatic carbocycles. The number of nitrogens with zero attached hydrogens (tertiary/aromatic N) is 1. The summed E-state index contributed by atoms with van der Waals surface area (Å²) in [6, 6.07) is 7.52. The standard InChI is InChI=1S/C13H18N4O2/c14-8-5-6-9-11(7-8)15-16-13(9)10-3-1-2-4-12(10)17(18)19/h1-4,8-9,11,13,15-16H,5-7,14H2. The lowest BCUT2D eigenvalue weighted by molar-refractivity contribution is -0.385.